The van der Waals surface area contributed by atoms with Gasteiger partial charge in [0.05, 0.1) is 23.2 Å². The van der Waals surface area contributed by atoms with Crippen LogP contribution in [0.3, 0.4) is 0 Å². The SMILES string of the molecule is CCOC(=O)c1ccc2c(c(/C=C/c3ccc(F)cc3)nn2C(=O)OC(C)(C)C)c1O. The van der Waals surface area contributed by atoms with Crippen LogP contribution < -0.4 is 0 Å². The van der Waals surface area contributed by atoms with Crippen molar-refractivity contribution in [1.29, 1.82) is 0 Å². The highest BCUT2D eigenvalue weighted by molar-refractivity contribution is 6.05. The molecule has 0 radical (unpaired) electrons. The molecule has 0 aliphatic heterocycles. The standard InChI is InChI=1S/C23H23FN2O5/c1-5-30-21(28)16-11-13-18-19(20(16)27)17(12-8-14-6-9-15(24)10-7-14)25-26(18)22(29)31-23(2,3)4/h6-13,27H,5H2,1-4H3/b12-8+. The molecule has 3 aromatic rings. The number of fused-ring (bicyclic) bond motifs is 1. The fourth-order valence-electron chi connectivity index (χ4n) is 2.90. The lowest BCUT2D eigenvalue weighted by Crippen LogP contribution is -2.27. The van der Waals surface area contributed by atoms with Gasteiger partial charge in [0.1, 0.15) is 22.7 Å². The number of halogens is 1. The van der Waals surface area contributed by atoms with E-state index in [1.165, 1.54) is 24.3 Å². The fourth-order valence-corrected chi connectivity index (χ4v) is 2.90. The van der Waals surface area contributed by atoms with E-state index >= 15 is 0 Å². The minimum atomic E-state index is -0.758. The number of esters is 1. The molecule has 1 aromatic heterocycles. The first-order valence-electron chi connectivity index (χ1n) is 9.69. The first-order chi connectivity index (χ1) is 14.6. The molecular weight excluding hydrogens is 403 g/mol. The van der Waals surface area contributed by atoms with Gasteiger partial charge in [-0.05, 0) is 63.6 Å². The number of aromatic nitrogens is 2. The van der Waals surface area contributed by atoms with E-state index < -0.39 is 17.7 Å². The maximum absolute atomic E-state index is 13.2. The Hall–Kier alpha value is -3.68. The van der Waals surface area contributed by atoms with Gasteiger partial charge in [-0.1, -0.05) is 18.2 Å². The zero-order valence-electron chi connectivity index (χ0n) is 17.7. The number of carbonyl (C=O) groups is 2. The second kappa shape index (κ2) is 8.59. The summed E-state index contributed by atoms with van der Waals surface area (Å²) >= 11 is 0. The van der Waals surface area contributed by atoms with Crippen molar-refractivity contribution >= 4 is 35.1 Å². The Balaban J connectivity index is 2.15. The Morgan fingerprint density at radius 1 is 1.13 bits per heavy atom. The van der Waals surface area contributed by atoms with E-state index in [0.717, 1.165) is 4.68 Å². The van der Waals surface area contributed by atoms with Gasteiger partial charge >= 0.3 is 12.1 Å². The van der Waals surface area contributed by atoms with E-state index in [2.05, 4.69) is 5.10 Å². The van der Waals surface area contributed by atoms with Crippen molar-refractivity contribution in [2.24, 2.45) is 0 Å². The van der Waals surface area contributed by atoms with Crippen LogP contribution in [0.1, 0.15) is 49.3 Å². The summed E-state index contributed by atoms with van der Waals surface area (Å²) in [6, 6.07) is 8.63. The molecule has 0 fully saturated rings. The minimum absolute atomic E-state index is 0.0467. The van der Waals surface area contributed by atoms with Crippen molar-refractivity contribution in [3.63, 3.8) is 0 Å². The maximum Gasteiger partial charge on any atom is 0.435 e. The molecule has 0 aliphatic carbocycles. The van der Waals surface area contributed by atoms with Crippen LogP contribution in [0, 0.1) is 5.82 Å². The molecule has 0 atom stereocenters. The first-order valence-corrected chi connectivity index (χ1v) is 9.69. The summed E-state index contributed by atoms with van der Waals surface area (Å²) in [5.41, 5.74) is 0.371. The lowest BCUT2D eigenvalue weighted by atomic mass is 10.1. The number of rotatable bonds is 4. The predicted molar refractivity (Wildman–Crippen MR) is 114 cm³/mol. The highest BCUT2D eigenvalue weighted by Crippen LogP contribution is 2.33. The molecule has 0 saturated carbocycles. The molecule has 8 heteroatoms. The van der Waals surface area contributed by atoms with Crippen LogP contribution in [0.25, 0.3) is 23.1 Å². The molecule has 3 rings (SSSR count). The average molecular weight is 426 g/mol. The Labute approximate surface area is 178 Å². The van der Waals surface area contributed by atoms with Gasteiger partial charge < -0.3 is 14.6 Å². The van der Waals surface area contributed by atoms with Gasteiger partial charge in [-0.25, -0.2) is 14.0 Å². The number of hydrogen-bond acceptors (Lipinski definition) is 6. The third-order valence-electron chi connectivity index (χ3n) is 4.21. The smallest absolute Gasteiger partial charge is 0.435 e. The maximum atomic E-state index is 13.2. The predicted octanol–water partition coefficient (Wildman–Crippen LogP) is 5.01. The molecule has 2 aromatic carbocycles. The number of ether oxygens (including phenoxy) is 2. The zero-order chi connectivity index (χ0) is 22.8. The van der Waals surface area contributed by atoms with E-state index in [1.54, 1.807) is 52.0 Å². The summed E-state index contributed by atoms with van der Waals surface area (Å²) in [6.07, 6.45) is 2.48. The van der Waals surface area contributed by atoms with Crippen LogP contribution in [-0.2, 0) is 9.47 Å². The first kappa shape index (κ1) is 22.0. The van der Waals surface area contributed by atoms with Crippen molar-refractivity contribution in [3.05, 3.63) is 59.0 Å². The Morgan fingerprint density at radius 2 is 1.81 bits per heavy atom. The van der Waals surface area contributed by atoms with Crippen molar-refractivity contribution in [1.82, 2.24) is 9.78 Å². The number of phenolic OH excluding ortho intramolecular Hbond substituents is 1. The van der Waals surface area contributed by atoms with E-state index in [4.69, 9.17) is 9.47 Å². The largest absolute Gasteiger partial charge is 0.506 e. The number of benzene rings is 2. The monoisotopic (exact) mass is 426 g/mol. The van der Waals surface area contributed by atoms with Gasteiger partial charge in [-0.2, -0.15) is 9.78 Å². The van der Waals surface area contributed by atoms with Crippen LogP contribution in [0.2, 0.25) is 0 Å². The van der Waals surface area contributed by atoms with Gasteiger partial charge in [0.2, 0.25) is 0 Å². The van der Waals surface area contributed by atoms with E-state index in [0.29, 0.717) is 5.56 Å². The normalized spacial score (nSPS) is 11.8. The number of hydrogen-bond donors (Lipinski definition) is 1. The zero-order valence-corrected chi connectivity index (χ0v) is 17.7. The van der Waals surface area contributed by atoms with Crippen LogP contribution in [0.5, 0.6) is 5.75 Å². The minimum Gasteiger partial charge on any atom is -0.506 e. The second-order valence-electron chi connectivity index (χ2n) is 7.74. The fraction of sp³-hybridized carbons (Fsp3) is 0.261. The Kier molecular flexibility index (Phi) is 6.10. The summed E-state index contributed by atoms with van der Waals surface area (Å²) in [4.78, 5) is 24.9. The molecule has 1 heterocycles. The lowest BCUT2D eigenvalue weighted by molar-refractivity contribution is 0.0514. The van der Waals surface area contributed by atoms with Gasteiger partial charge in [-0.15, -0.1) is 0 Å². The summed E-state index contributed by atoms with van der Waals surface area (Å²) in [7, 11) is 0. The number of nitrogens with zero attached hydrogens (tertiary/aromatic N) is 2. The highest BCUT2D eigenvalue weighted by atomic mass is 19.1. The Bertz CT molecular complexity index is 1160. The third-order valence-corrected chi connectivity index (χ3v) is 4.21. The van der Waals surface area contributed by atoms with Crippen LogP contribution in [0.4, 0.5) is 9.18 Å². The van der Waals surface area contributed by atoms with Gasteiger partial charge in [0.15, 0.2) is 0 Å². The van der Waals surface area contributed by atoms with Crippen molar-refractivity contribution in [2.75, 3.05) is 6.61 Å². The van der Waals surface area contributed by atoms with Crippen LogP contribution in [0.15, 0.2) is 36.4 Å². The van der Waals surface area contributed by atoms with Gasteiger partial charge in [0.25, 0.3) is 0 Å². The molecule has 31 heavy (non-hydrogen) atoms. The lowest BCUT2D eigenvalue weighted by Gasteiger charge is -2.19. The summed E-state index contributed by atoms with van der Waals surface area (Å²) in [5.74, 6) is -1.42. The number of phenols is 1. The molecule has 7 nitrogen and oxygen atoms in total. The second-order valence-corrected chi connectivity index (χ2v) is 7.74. The molecule has 0 aliphatic rings. The van der Waals surface area contributed by atoms with Crippen molar-refractivity contribution in [2.45, 2.75) is 33.3 Å². The third kappa shape index (κ3) is 4.91. The molecular formula is C23H23FN2O5. The average Bonchev–Trinajstić information content (AvgIpc) is 3.06. The van der Waals surface area contributed by atoms with Crippen molar-refractivity contribution < 1.29 is 28.6 Å². The van der Waals surface area contributed by atoms with E-state index in [1.807, 2.05) is 0 Å². The van der Waals surface area contributed by atoms with E-state index in [-0.39, 0.29) is 40.3 Å². The molecule has 0 saturated heterocycles. The summed E-state index contributed by atoms with van der Waals surface area (Å²) in [6.45, 7) is 6.97. The van der Waals surface area contributed by atoms with Crippen LogP contribution >= 0.6 is 0 Å². The van der Waals surface area contributed by atoms with Crippen LogP contribution in [-0.4, -0.2) is 39.2 Å². The summed E-state index contributed by atoms with van der Waals surface area (Å²) < 4.78 is 24.6. The molecule has 0 amide bonds. The van der Waals surface area contributed by atoms with Gasteiger partial charge in [0, 0.05) is 0 Å². The van der Waals surface area contributed by atoms with E-state index in [9.17, 15) is 19.1 Å². The molecule has 0 spiro atoms. The summed E-state index contributed by atoms with van der Waals surface area (Å²) in [5, 5.41) is 15.3. The number of carbonyl (C=O) groups excluding carboxylic acids is 2. The van der Waals surface area contributed by atoms with Gasteiger partial charge in [-0.3, -0.25) is 0 Å². The van der Waals surface area contributed by atoms with Crippen molar-refractivity contribution in [3.8, 4) is 5.75 Å². The molecule has 0 bridgehead atoms. The molecule has 162 valence electrons. The number of aromatic hydroxyl groups is 1. The quantitative estimate of drug-likeness (QED) is 0.590. The topological polar surface area (TPSA) is 90.7 Å². The Morgan fingerprint density at radius 3 is 2.42 bits per heavy atom. The molecule has 1 N–H and O–H groups in total. The highest BCUT2D eigenvalue weighted by Gasteiger charge is 2.25. The molecule has 0 unspecified atom stereocenters.